The third-order valence-electron chi connectivity index (χ3n) is 2.23. The summed E-state index contributed by atoms with van der Waals surface area (Å²) in [4.78, 5) is 14.4. The van der Waals surface area contributed by atoms with Crippen molar-refractivity contribution in [2.75, 3.05) is 31.4 Å². The maximum atomic E-state index is 5.63. The van der Waals surface area contributed by atoms with Crippen LogP contribution in [-0.4, -0.2) is 36.1 Å². The van der Waals surface area contributed by atoms with E-state index >= 15 is 0 Å². The molecular formula is C12H14BrN5O. The van der Waals surface area contributed by atoms with E-state index in [0.29, 0.717) is 17.6 Å². The van der Waals surface area contributed by atoms with E-state index < -0.39 is 0 Å². The van der Waals surface area contributed by atoms with Crippen LogP contribution in [0.4, 0.5) is 11.9 Å². The third kappa shape index (κ3) is 3.54. The summed E-state index contributed by atoms with van der Waals surface area (Å²) >= 11 is 3.39. The third-order valence-corrected chi connectivity index (χ3v) is 2.73. The molecule has 0 aliphatic carbocycles. The van der Waals surface area contributed by atoms with Crippen molar-refractivity contribution in [1.82, 2.24) is 15.0 Å². The van der Waals surface area contributed by atoms with Crippen LogP contribution in [0.15, 0.2) is 28.7 Å². The van der Waals surface area contributed by atoms with Gasteiger partial charge in [-0.3, -0.25) is 0 Å². The van der Waals surface area contributed by atoms with Gasteiger partial charge in [0, 0.05) is 25.6 Å². The van der Waals surface area contributed by atoms with Crippen LogP contribution in [0.3, 0.4) is 0 Å². The summed E-state index contributed by atoms with van der Waals surface area (Å²) in [5, 5.41) is 2.88. The monoisotopic (exact) mass is 323 g/mol. The van der Waals surface area contributed by atoms with Gasteiger partial charge in [-0.1, -0.05) is 22.0 Å². The van der Waals surface area contributed by atoms with Crippen molar-refractivity contribution in [3.63, 3.8) is 0 Å². The van der Waals surface area contributed by atoms with Crippen molar-refractivity contribution in [3.8, 4) is 11.8 Å². The molecule has 0 atom stereocenters. The van der Waals surface area contributed by atoms with Gasteiger partial charge in [0.1, 0.15) is 5.75 Å². The number of nitrogens with zero attached hydrogens (tertiary/aromatic N) is 4. The van der Waals surface area contributed by atoms with Crippen LogP contribution >= 0.6 is 15.9 Å². The molecule has 0 aliphatic heterocycles. The zero-order valence-electron chi connectivity index (χ0n) is 10.9. The Morgan fingerprint density at radius 2 is 2.00 bits per heavy atom. The Morgan fingerprint density at radius 1 is 1.21 bits per heavy atom. The first kappa shape index (κ1) is 13.5. The molecule has 6 nitrogen and oxygen atoms in total. The zero-order chi connectivity index (χ0) is 13.8. The molecule has 0 bridgehead atoms. The second-order valence-corrected chi connectivity index (χ2v) is 4.86. The molecule has 1 aromatic heterocycles. The van der Waals surface area contributed by atoms with Gasteiger partial charge < -0.3 is 15.0 Å². The summed E-state index contributed by atoms with van der Waals surface area (Å²) in [6.07, 6.45) is 0. The quantitative estimate of drug-likeness (QED) is 0.932. The van der Waals surface area contributed by atoms with Crippen LogP contribution < -0.4 is 15.0 Å². The Morgan fingerprint density at radius 3 is 2.63 bits per heavy atom. The largest absolute Gasteiger partial charge is 0.424 e. The van der Waals surface area contributed by atoms with Crippen LogP contribution in [0.1, 0.15) is 0 Å². The Labute approximate surface area is 120 Å². The van der Waals surface area contributed by atoms with Gasteiger partial charge in [-0.2, -0.15) is 15.0 Å². The first-order valence-electron chi connectivity index (χ1n) is 5.63. The van der Waals surface area contributed by atoms with Crippen LogP contribution in [0.2, 0.25) is 0 Å². The summed E-state index contributed by atoms with van der Waals surface area (Å²) < 4.78 is 6.56. The predicted molar refractivity (Wildman–Crippen MR) is 77.9 cm³/mol. The van der Waals surface area contributed by atoms with E-state index in [4.69, 9.17) is 4.74 Å². The van der Waals surface area contributed by atoms with Crippen LogP contribution in [0, 0.1) is 0 Å². The highest BCUT2D eigenvalue weighted by molar-refractivity contribution is 9.10. The van der Waals surface area contributed by atoms with E-state index in [1.54, 1.807) is 11.9 Å². The molecule has 0 amide bonds. The SMILES string of the molecule is CNc1nc(Oc2cccc(Br)c2)nc(N(C)C)n1. The highest BCUT2D eigenvalue weighted by Gasteiger charge is 2.09. The normalized spacial score (nSPS) is 10.1. The minimum Gasteiger partial charge on any atom is -0.424 e. The van der Waals surface area contributed by atoms with Crippen molar-refractivity contribution >= 4 is 27.8 Å². The number of ether oxygens (including phenoxy) is 1. The van der Waals surface area contributed by atoms with Crippen molar-refractivity contribution in [2.24, 2.45) is 0 Å². The van der Waals surface area contributed by atoms with Crippen molar-refractivity contribution in [3.05, 3.63) is 28.7 Å². The van der Waals surface area contributed by atoms with Gasteiger partial charge in [0.15, 0.2) is 0 Å². The maximum Gasteiger partial charge on any atom is 0.328 e. The lowest BCUT2D eigenvalue weighted by Gasteiger charge is -2.12. The van der Waals surface area contributed by atoms with Crippen molar-refractivity contribution in [2.45, 2.75) is 0 Å². The zero-order valence-corrected chi connectivity index (χ0v) is 12.5. The number of nitrogens with one attached hydrogen (secondary N) is 1. The molecular weight excluding hydrogens is 310 g/mol. The van der Waals surface area contributed by atoms with Crippen LogP contribution in [0.25, 0.3) is 0 Å². The smallest absolute Gasteiger partial charge is 0.328 e. The molecule has 100 valence electrons. The Balaban J connectivity index is 2.31. The van der Waals surface area contributed by atoms with E-state index in [0.717, 1.165) is 4.47 Å². The van der Waals surface area contributed by atoms with Gasteiger partial charge in [0.2, 0.25) is 11.9 Å². The molecule has 0 spiro atoms. The number of benzene rings is 1. The number of hydrogen-bond donors (Lipinski definition) is 1. The minimum absolute atomic E-state index is 0.251. The fraction of sp³-hybridized carbons (Fsp3) is 0.250. The average molecular weight is 324 g/mol. The summed E-state index contributed by atoms with van der Waals surface area (Å²) in [6.45, 7) is 0. The molecule has 2 aromatic rings. The molecule has 1 heterocycles. The molecule has 7 heteroatoms. The lowest BCUT2D eigenvalue weighted by molar-refractivity contribution is 0.440. The maximum absolute atomic E-state index is 5.63. The van der Waals surface area contributed by atoms with Gasteiger partial charge >= 0.3 is 6.01 Å². The molecule has 0 saturated heterocycles. The summed E-state index contributed by atoms with van der Waals surface area (Å²) in [5.41, 5.74) is 0. The van der Waals surface area contributed by atoms with Crippen molar-refractivity contribution in [1.29, 1.82) is 0 Å². The standard InChI is InChI=1S/C12H14BrN5O/c1-14-10-15-11(18(2)3)17-12(16-10)19-9-6-4-5-8(13)7-9/h4-7H,1-3H3,(H,14,15,16,17). The molecule has 0 radical (unpaired) electrons. The number of aromatic nitrogens is 3. The highest BCUT2D eigenvalue weighted by atomic mass is 79.9. The Kier molecular flexibility index (Phi) is 4.16. The fourth-order valence-corrected chi connectivity index (χ4v) is 1.72. The van der Waals surface area contributed by atoms with Crippen LogP contribution in [0.5, 0.6) is 11.8 Å². The molecule has 1 N–H and O–H groups in total. The lowest BCUT2D eigenvalue weighted by atomic mass is 10.3. The van der Waals surface area contributed by atoms with Crippen LogP contribution in [-0.2, 0) is 0 Å². The van der Waals surface area contributed by atoms with E-state index in [-0.39, 0.29) is 6.01 Å². The number of anilines is 2. The Hall–Kier alpha value is -1.89. The highest BCUT2D eigenvalue weighted by Crippen LogP contribution is 2.23. The van der Waals surface area contributed by atoms with E-state index in [1.165, 1.54) is 0 Å². The fourth-order valence-electron chi connectivity index (χ4n) is 1.34. The van der Waals surface area contributed by atoms with Gasteiger partial charge in [-0.05, 0) is 18.2 Å². The molecule has 2 rings (SSSR count). The predicted octanol–water partition coefficient (Wildman–Crippen LogP) is 2.53. The second kappa shape index (κ2) is 5.83. The topological polar surface area (TPSA) is 63.2 Å². The molecule has 19 heavy (non-hydrogen) atoms. The summed E-state index contributed by atoms with van der Waals surface area (Å²) in [5.74, 6) is 1.65. The molecule has 0 aliphatic rings. The van der Waals surface area contributed by atoms with E-state index in [1.807, 2.05) is 38.4 Å². The van der Waals surface area contributed by atoms with Gasteiger partial charge in [-0.15, -0.1) is 0 Å². The minimum atomic E-state index is 0.251. The average Bonchev–Trinajstić information content (AvgIpc) is 2.38. The van der Waals surface area contributed by atoms with Crippen molar-refractivity contribution < 1.29 is 4.74 Å². The number of halogens is 1. The second-order valence-electron chi connectivity index (χ2n) is 3.95. The first-order chi connectivity index (χ1) is 9.08. The Bertz CT molecular complexity index is 576. The molecule has 1 aromatic carbocycles. The lowest BCUT2D eigenvalue weighted by Crippen LogP contribution is -2.15. The van der Waals surface area contributed by atoms with E-state index in [2.05, 4.69) is 36.2 Å². The van der Waals surface area contributed by atoms with Gasteiger partial charge in [0.05, 0.1) is 0 Å². The van der Waals surface area contributed by atoms with E-state index in [9.17, 15) is 0 Å². The van der Waals surface area contributed by atoms with Gasteiger partial charge in [-0.25, -0.2) is 0 Å². The summed E-state index contributed by atoms with van der Waals surface area (Å²) in [6, 6.07) is 7.74. The molecule has 0 saturated carbocycles. The summed E-state index contributed by atoms with van der Waals surface area (Å²) in [7, 11) is 5.47. The molecule has 0 fully saturated rings. The molecule has 0 unspecified atom stereocenters. The first-order valence-corrected chi connectivity index (χ1v) is 6.42. The number of rotatable bonds is 4. The van der Waals surface area contributed by atoms with Gasteiger partial charge in [0.25, 0.3) is 0 Å². The number of hydrogen-bond acceptors (Lipinski definition) is 6.